The summed E-state index contributed by atoms with van der Waals surface area (Å²) < 4.78 is 10.9. The van der Waals surface area contributed by atoms with Crippen LogP contribution in [0.1, 0.15) is 44.4 Å². The third kappa shape index (κ3) is 6.02. The van der Waals surface area contributed by atoms with Crippen LogP contribution in [0.4, 0.5) is 4.79 Å². The summed E-state index contributed by atoms with van der Waals surface area (Å²) in [7, 11) is 0. The topological polar surface area (TPSA) is 47.6 Å². The van der Waals surface area contributed by atoms with Crippen molar-refractivity contribution < 1.29 is 14.3 Å². The van der Waals surface area contributed by atoms with Gasteiger partial charge in [-0.15, -0.1) is 0 Å². The van der Waals surface area contributed by atoms with Gasteiger partial charge in [0.2, 0.25) is 0 Å². The molecule has 0 fully saturated rings. The molecule has 0 bridgehead atoms. The molecule has 0 aliphatic carbocycles. The van der Waals surface area contributed by atoms with Gasteiger partial charge in [0.05, 0.1) is 5.54 Å². The number of rotatable bonds is 8. The molecule has 1 amide bonds. The summed E-state index contributed by atoms with van der Waals surface area (Å²) in [5, 5.41) is 2.90. The average Bonchev–Trinajstić information content (AvgIpc) is 2.65. The van der Waals surface area contributed by atoms with Gasteiger partial charge >= 0.3 is 6.09 Å². The molecule has 2 aromatic carbocycles. The Morgan fingerprint density at radius 1 is 0.964 bits per heavy atom. The first-order valence-electron chi connectivity index (χ1n) is 9.29. The molecule has 0 saturated carbocycles. The van der Waals surface area contributed by atoms with Crippen molar-refractivity contribution in [3.05, 3.63) is 78.4 Å². The molecule has 0 unspecified atom stereocenters. The maximum absolute atomic E-state index is 12.2. The highest BCUT2D eigenvalue weighted by molar-refractivity contribution is 5.69. The lowest BCUT2D eigenvalue weighted by Gasteiger charge is -2.27. The third-order valence-corrected chi connectivity index (χ3v) is 4.40. The first-order chi connectivity index (χ1) is 13.2. The largest absolute Gasteiger partial charge is 0.490 e. The predicted molar refractivity (Wildman–Crippen MR) is 115 cm³/mol. The van der Waals surface area contributed by atoms with E-state index >= 15 is 0 Å². The van der Waals surface area contributed by atoms with Gasteiger partial charge in [0.1, 0.15) is 19.0 Å². The molecule has 2 aromatic rings. The molecular weight excluding hydrogens is 350 g/mol. The number of carbonyl (C=O) groups excluding carboxylic acids is 1. The smallest absolute Gasteiger partial charge is 0.407 e. The molecule has 0 aliphatic rings. The van der Waals surface area contributed by atoms with E-state index in [4.69, 9.17) is 9.47 Å². The molecule has 0 aliphatic heterocycles. The number of hydrogen-bond acceptors (Lipinski definition) is 3. The Hall–Kier alpha value is -3.01. The van der Waals surface area contributed by atoms with Crippen LogP contribution in [0.5, 0.6) is 5.75 Å². The molecule has 0 atom stereocenters. The Morgan fingerprint density at radius 3 is 2.21 bits per heavy atom. The van der Waals surface area contributed by atoms with Crippen LogP contribution in [-0.4, -0.2) is 19.3 Å². The van der Waals surface area contributed by atoms with Crippen molar-refractivity contribution in [2.24, 2.45) is 0 Å². The second-order valence-electron chi connectivity index (χ2n) is 7.40. The van der Waals surface area contributed by atoms with E-state index < -0.39 is 11.6 Å². The summed E-state index contributed by atoms with van der Waals surface area (Å²) in [5.41, 5.74) is 4.44. The van der Waals surface area contributed by atoms with E-state index in [1.165, 1.54) is 0 Å². The minimum atomic E-state index is -0.570. The molecule has 2 rings (SSSR count). The second-order valence-corrected chi connectivity index (χ2v) is 7.40. The first kappa shape index (κ1) is 21.3. The molecule has 0 aromatic heterocycles. The standard InChI is InChI=1S/C24H29NO3/c1-17(2)19-9-7-11-21(15-19)24(5,6)25-23(26)28-14-13-27-22-12-8-10-20(16-22)18(3)4/h7-12,15-16H,1,3,13-14H2,2,4-6H3,(H,25,26). The predicted octanol–water partition coefficient (Wildman–Crippen LogP) is 5.79. The monoisotopic (exact) mass is 379 g/mol. The van der Waals surface area contributed by atoms with Crippen LogP contribution in [0.3, 0.4) is 0 Å². The van der Waals surface area contributed by atoms with Crippen molar-refractivity contribution >= 4 is 17.2 Å². The maximum atomic E-state index is 12.2. The Bertz CT molecular complexity index is 868. The van der Waals surface area contributed by atoms with E-state index in [2.05, 4.69) is 18.5 Å². The molecule has 0 radical (unpaired) electrons. The zero-order valence-corrected chi connectivity index (χ0v) is 17.2. The molecule has 4 heteroatoms. The van der Waals surface area contributed by atoms with E-state index in [-0.39, 0.29) is 13.2 Å². The number of ether oxygens (including phenoxy) is 2. The molecule has 0 spiro atoms. The van der Waals surface area contributed by atoms with Gasteiger partial charge in [0.15, 0.2) is 0 Å². The van der Waals surface area contributed by atoms with Gasteiger partial charge in [0, 0.05) is 0 Å². The maximum Gasteiger partial charge on any atom is 0.407 e. The normalized spacial score (nSPS) is 10.9. The van der Waals surface area contributed by atoms with E-state index in [0.717, 1.165) is 33.6 Å². The molecule has 148 valence electrons. The fraction of sp³-hybridized carbons (Fsp3) is 0.292. The van der Waals surface area contributed by atoms with Crippen LogP contribution in [0.25, 0.3) is 11.1 Å². The highest BCUT2D eigenvalue weighted by Crippen LogP contribution is 2.23. The number of allylic oxidation sites excluding steroid dienone is 2. The van der Waals surface area contributed by atoms with Crippen LogP contribution in [0, 0.1) is 0 Å². The summed E-state index contributed by atoms with van der Waals surface area (Å²) in [4.78, 5) is 12.2. The van der Waals surface area contributed by atoms with Crippen molar-refractivity contribution in [1.29, 1.82) is 0 Å². The fourth-order valence-electron chi connectivity index (χ4n) is 2.68. The molecule has 0 saturated heterocycles. The molecule has 0 heterocycles. The van der Waals surface area contributed by atoms with Gasteiger partial charge < -0.3 is 14.8 Å². The van der Waals surface area contributed by atoms with Gasteiger partial charge in [-0.1, -0.05) is 54.6 Å². The summed E-state index contributed by atoms with van der Waals surface area (Å²) >= 11 is 0. The first-order valence-corrected chi connectivity index (χ1v) is 9.29. The number of alkyl carbamates (subject to hydrolysis) is 1. The van der Waals surface area contributed by atoms with Gasteiger partial charge in [0.25, 0.3) is 0 Å². The lowest BCUT2D eigenvalue weighted by atomic mass is 9.92. The SMILES string of the molecule is C=C(C)c1cccc(OCCOC(=O)NC(C)(C)c2cccc(C(=C)C)c2)c1. The molecule has 28 heavy (non-hydrogen) atoms. The van der Waals surface area contributed by atoms with Crippen molar-refractivity contribution in [3.8, 4) is 5.75 Å². The van der Waals surface area contributed by atoms with Gasteiger partial charge in [-0.3, -0.25) is 0 Å². The second kappa shape index (κ2) is 9.27. The van der Waals surface area contributed by atoms with Gasteiger partial charge in [-0.2, -0.15) is 0 Å². The van der Waals surface area contributed by atoms with Crippen molar-refractivity contribution in [1.82, 2.24) is 5.32 Å². The highest BCUT2D eigenvalue weighted by atomic mass is 16.6. The number of nitrogens with one attached hydrogen (secondary N) is 1. The Morgan fingerprint density at radius 2 is 1.57 bits per heavy atom. The van der Waals surface area contributed by atoms with E-state index in [1.54, 1.807) is 0 Å². The van der Waals surface area contributed by atoms with Crippen molar-refractivity contribution in [3.63, 3.8) is 0 Å². The van der Waals surface area contributed by atoms with E-state index in [0.29, 0.717) is 0 Å². The van der Waals surface area contributed by atoms with Crippen molar-refractivity contribution in [2.75, 3.05) is 13.2 Å². The summed E-state index contributed by atoms with van der Waals surface area (Å²) in [6, 6.07) is 15.6. The lowest BCUT2D eigenvalue weighted by molar-refractivity contribution is 0.117. The molecular formula is C24H29NO3. The Labute approximate surface area is 167 Å². The zero-order valence-electron chi connectivity index (χ0n) is 17.2. The minimum Gasteiger partial charge on any atom is -0.490 e. The van der Waals surface area contributed by atoms with Crippen molar-refractivity contribution in [2.45, 2.75) is 33.2 Å². The number of benzene rings is 2. The van der Waals surface area contributed by atoms with E-state index in [9.17, 15) is 4.79 Å². The van der Waals surface area contributed by atoms with Gasteiger partial charge in [-0.05, 0) is 62.6 Å². The zero-order chi connectivity index (χ0) is 20.7. The number of hydrogen-bond donors (Lipinski definition) is 1. The number of amides is 1. The van der Waals surface area contributed by atoms with Crippen LogP contribution >= 0.6 is 0 Å². The summed E-state index contributed by atoms with van der Waals surface area (Å²) in [6.45, 7) is 16.1. The van der Waals surface area contributed by atoms with Crippen LogP contribution in [-0.2, 0) is 10.3 Å². The van der Waals surface area contributed by atoms with Gasteiger partial charge in [-0.25, -0.2) is 4.79 Å². The minimum absolute atomic E-state index is 0.158. The van der Waals surface area contributed by atoms with E-state index in [1.807, 2.05) is 76.2 Å². The highest BCUT2D eigenvalue weighted by Gasteiger charge is 2.24. The number of carbonyl (C=O) groups is 1. The lowest BCUT2D eigenvalue weighted by Crippen LogP contribution is -2.41. The Kier molecular flexibility index (Phi) is 7.05. The van der Waals surface area contributed by atoms with Crippen LogP contribution in [0.15, 0.2) is 61.7 Å². The van der Waals surface area contributed by atoms with Crippen LogP contribution < -0.4 is 10.1 Å². The summed E-state index contributed by atoms with van der Waals surface area (Å²) in [5.74, 6) is 0.724. The average molecular weight is 380 g/mol. The Balaban J connectivity index is 1.85. The fourth-order valence-corrected chi connectivity index (χ4v) is 2.68. The quantitative estimate of drug-likeness (QED) is 0.590. The third-order valence-electron chi connectivity index (χ3n) is 4.40. The van der Waals surface area contributed by atoms with Crippen LogP contribution in [0.2, 0.25) is 0 Å². The summed E-state index contributed by atoms with van der Waals surface area (Å²) in [6.07, 6.45) is -0.481. The molecule has 4 nitrogen and oxygen atoms in total. The molecule has 1 N–H and O–H groups in total.